The smallest absolute Gasteiger partial charge is 0.593 e. The van der Waals surface area contributed by atoms with Crippen LogP contribution in [-0.2, 0) is 13.7 Å². The first-order chi connectivity index (χ1) is 9.54. The predicted molar refractivity (Wildman–Crippen MR) is 78.8 cm³/mol. The van der Waals surface area contributed by atoms with Crippen molar-refractivity contribution < 1.29 is 43.7 Å². The van der Waals surface area contributed by atoms with Gasteiger partial charge in [0.1, 0.15) is 0 Å². The molecule has 0 aromatic rings. The van der Waals surface area contributed by atoms with Gasteiger partial charge in [0.2, 0.25) is 0 Å². The third-order valence-electron chi connectivity index (χ3n) is 1.14. The Bertz CT molecular complexity index is 279. The quantitative estimate of drug-likeness (QED) is 0.246. The maximum absolute atomic E-state index is 9.63. The first kappa shape index (κ1) is 31.3. The Balaban J connectivity index is -0.000000108. The van der Waals surface area contributed by atoms with Crippen molar-refractivity contribution in [2.75, 3.05) is 17.6 Å². The molecule has 0 aromatic heterocycles. The zero-order valence-corrected chi connectivity index (χ0v) is 16.8. The molecule has 0 rings (SSSR count). The molecule has 9 nitrogen and oxygen atoms in total. The molecule has 22 heavy (non-hydrogen) atoms. The first-order valence-electron chi connectivity index (χ1n) is 4.67. The summed E-state index contributed by atoms with van der Waals surface area (Å²) in [5, 5.41) is 24.6. The summed E-state index contributed by atoms with van der Waals surface area (Å²) in [6.07, 6.45) is 0. The normalized spacial score (nSPS) is 15.4. The molecule has 0 radical (unpaired) electrons. The van der Waals surface area contributed by atoms with Crippen LogP contribution in [0, 0.1) is 0 Å². The molecule has 0 aliphatic rings. The first-order valence-corrected chi connectivity index (χ1v) is 10.0. The average molecular weight is 454 g/mol. The Morgan fingerprint density at radius 1 is 0.682 bits per heavy atom. The van der Waals surface area contributed by atoms with Gasteiger partial charge in [0.15, 0.2) is 0 Å². The van der Waals surface area contributed by atoms with Crippen LogP contribution in [0.2, 0.25) is 0 Å². The minimum Gasteiger partial charge on any atom is -0.593 e. The van der Waals surface area contributed by atoms with Gasteiger partial charge >= 0.3 is 41.4 Å². The van der Waals surface area contributed by atoms with Crippen molar-refractivity contribution in [3.8, 4) is 0 Å². The van der Waals surface area contributed by atoms with Crippen molar-refractivity contribution in [2.24, 2.45) is 0 Å². The van der Waals surface area contributed by atoms with E-state index in [-0.39, 0.29) is 35.0 Å². The number of aliphatic hydroxyl groups is 3. The summed E-state index contributed by atoms with van der Waals surface area (Å²) in [6.45, 7) is 0. The SMILES string of the molecule is O=[P+]([O-])C(O)CCl.O=[P+]([O-])C(O)CCl.O=[P+]([O-])C(O)CCl.[Al+3]. The van der Waals surface area contributed by atoms with E-state index in [1.165, 1.54) is 0 Å². The van der Waals surface area contributed by atoms with Crippen molar-refractivity contribution in [2.45, 2.75) is 17.5 Å². The number of rotatable bonds is 6. The summed E-state index contributed by atoms with van der Waals surface area (Å²) < 4.78 is 28.9. The Hall–Kier alpha value is 1.46. The monoisotopic (exact) mass is 453 g/mol. The van der Waals surface area contributed by atoms with E-state index < -0.39 is 41.6 Å². The van der Waals surface area contributed by atoms with Gasteiger partial charge in [-0.25, -0.2) is 0 Å². The molecule has 0 heterocycles. The molecule has 0 aliphatic carbocycles. The molecule has 0 aromatic carbocycles. The molecule has 0 spiro atoms. The van der Waals surface area contributed by atoms with E-state index >= 15 is 0 Å². The van der Waals surface area contributed by atoms with Crippen molar-refractivity contribution in [3.05, 3.63) is 0 Å². The Morgan fingerprint density at radius 3 is 0.818 bits per heavy atom. The molecule has 16 heteroatoms. The maximum atomic E-state index is 9.63. The summed E-state index contributed by atoms with van der Waals surface area (Å²) in [5.74, 6) is -4.89. The zero-order valence-electron chi connectivity index (χ0n) is 10.7. The van der Waals surface area contributed by atoms with Crippen LogP contribution in [-0.4, -0.2) is 67.9 Å². The predicted octanol–water partition coefficient (Wildman–Crippen LogP) is -1.44. The second-order valence-corrected chi connectivity index (χ2v) is 7.19. The van der Waals surface area contributed by atoms with Gasteiger partial charge in [0, 0.05) is 0 Å². The number of hydrogen-bond donors (Lipinski definition) is 3. The van der Waals surface area contributed by atoms with Gasteiger partial charge in [-0.3, -0.25) is 0 Å². The van der Waals surface area contributed by atoms with Gasteiger partial charge in [-0.15, -0.1) is 34.8 Å². The summed E-state index contributed by atoms with van der Waals surface area (Å²) in [6, 6.07) is 0. The second-order valence-electron chi connectivity index (χ2n) is 2.76. The molecule has 0 aliphatic heterocycles. The number of halogens is 3. The van der Waals surface area contributed by atoms with Gasteiger partial charge in [-0.05, 0) is 0 Å². The van der Waals surface area contributed by atoms with Gasteiger partial charge in [0.25, 0.3) is 17.5 Å². The third-order valence-corrected chi connectivity index (χ3v) is 4.67. The van der Waals surface area contributed by atoms with Gasteiger partial charge < -0.3 is 30.0 Å². The molecule has 0 saturated heterocycles. The molecule has 6 atom stereocenters. The van der Waals surface area contributed by atoms with Crippen molar-refractivity contribution in [1.82, 2.24) is 0 Å². The van der Waals surface area contributed by atoms with Crippen molar-refractivity contribution >= 4 is 76.2 Å². The second kappa shape index (κ2) is 20.5. The molecule has 126 valence electrons. The van der Waals surface area contributed by atoms with E-state index in [2.05, 4.69) is 0 Å². The van der Waals surface area contributed by atoms with Crippen LogP contribution in [0.15, 0.2) is 0 Å². The Labute approximate surface area is 154 Å². The van der Waals surface area contributed by atoms with E-state index in [0.29, 0.717) is 0 Å². The zero-order chi connectivity index (χ0) is 17.6. The third kappa shape index (κ3) is 23.7. The van der Waals surface area contributed by atoms with Crippen LogP contribution in [0.1, 0.15) is 0 Å². The molecule has 6 unspecified atom stereocenters. The fourth-order valence-electron chi connectivity index (χ4n) is 0.169. The molecule has 3 N–H and O–H groups in total. The number of alkyl halides is 3. The molecule has 0 amide bonds. The summed E-state index contributed by atoms with van der Waals surface area (Å²) in [5.41, 5.74) is 0. The van der Waals surface area contributed by atoms with Crippen LogP contribution in [0.25, 0.3) is 0 Å². The summed E-state index contributed by atoms with van der Waals surface area (Å²) in [4.78, 5) is 28.9. The van der Waals surface area contributed by atoms with Crippen molar-refractivity contribution in [3.63, 3.8) is 0 Å². The van der Waals surface area contributed by atoms with Gasteiger partial charge in [-0.2, -0.15) is 0 Å². The topological polar surface area (TPSA) is 181 Å². The maximum Gasteiger partial charge on any atom is 3.00 e. The minimum atomic E-state index is -2.74. The standard InChI is InChI=1S/3C2H4ClO3P.Al/c3*3-1-2(4)7(5)6;/h3*2,4H,1H2;/q;;;+3. The largest absolute Gasteiger partial charge is 3.00 e. The fourth-order valence-corrected chi connectivity index (χ4v) is 1.52. The fraction of sp³-hybridized carbons (Fsp3) is 1.00. The molecule has 0 bridgehead atoms. The van der Waals surface area contributed by atoms with Gasteiger partial charge in [0.05, 0.1) is 17.6 Å². The molecular weight excluding hydrogens is 442 g/mol. The van der Waals surface area contributed by atoms with Crippen LogP contribution >= 0.6 is 58.9 Å². The van der Waals surface area contributed by atoms with Crippen LogP contribution < -0.4 is 14.7 Å². The summed E-state index contributed by atoms with van der Waals surface area (Å²) >= 11 is 14.7. The van der Waals surface area contributed by atoms with E-state index in [0.717, 1.165) is 0 Å². The molecule has 0 saturated carbocycles. The van der Waals surface area contributed by atoms with E-state index in [1.54, 1.807) is 0 Å². The average Bonchev–Trinajstić information content (AvgIpc) is 2.45. The molecule has 0 fully saturated rings. The van der Waals surface area contributed by atoms with Crippen LogP contribution in [0.3, 0.4) is 0 Å². The van der Waals surface area contributed by atoms with Gasteiger partial charge in [-0.1, -0.05) is 13.7 Å². The number of hydrogen-bond acceptors (Lipinski definition) is 9. The van der Waals surface area contributed by atoms with Crippen molar-refractivity contribution in [1.29, 1.82) is 0 Å². The molecular formula is C6H12AlCl3O9P3+3. The number of aliphatic hydroxyl groups excluding tert-OH is 3. The van der Waals surface area contributed by atoms with E-state index in [1.807, 2.05) is 0 Å². The Kier molecular flexibility index (Phi) is 29.1. The van der Waals surface area contributed by atoms with E-state index in [9.17, 15) is 28.4 Å². The minimum absolute atomic E-state index is 0. The van der Waals surface area contributed by atoms with Crippen LogP contribution in [0.5, 0.6) is 0 Å². The van der Waals surface area contributed by atoms with Crippen LogP contribution in [0.4, 0.5) is 0 Å². The van der Waals surface area contributed by atoms with E-state index in [4.69, 9.17) is 50.1 Å². The Morgan fingerprint density at radius 2 is 0.818 bits per heavy atom. The summed E-state index contributed by atoms with van der Waals surface area (Å²) in [7, 11) is -8.21.